The summed E-state index contributed by atoms with van der Waals surface area (Å²) < 4.78 is 7.24. The van der Waals surface area contributed by atoms with Crippen molar-refractivity contribution in [2.45, 2.75) is 6.92 Å². The van der Waals surface area contributed by atoms with Crippen molar-refractivity contribution in [3.63, 3.8) is 0 Å². The van der Waals surface area contributed by atoms with Crippen molar-refractivity contribution < 1.29 is 0 Å². The smallest absolute Gasteiger partial charge is 0.0601 e. The zero-order valence-corrected chi connectivity index (χ0v) is 6.27. The minimum atomic E-state index is -0.593. The van der Waals surface area contributed by atoms with E-state index in [9.17, 15) is 0 Å². The number of hydrogen-bond donors (Lipinski definition) is 1. The van der Waals surface area contributed by atoms with Crippen molar-refractivity contribution in [2.24, 2.45) is 5.73 Å². The predicted octanol–water partition coefficient (Wildman–Crippen LogP) is 1.29. The van der Waals surface area contributed by atoms with Crippen molar-refractivity contribution in [1.29, 1.82) is 1.28 Å². The molecule has 0 fully saturated rings. The summed E-state index contributed by atoms with van der Waals surface area (Å²) in [6.45, 7) is 2.10. The largest absolute Gasteiger partial charge is 0.327 e. The Balaban J connectivity index is 2.86. The molecule has 0 bridgehead atoms. The van der Waals surface area contributed by atoms with E-state index >= 15 is 0 Å². The molecule has 7 heavy (non-hydrogen) atoms. The van der Waals surface area contributed by atoms with Gasteiger partial charge in [-0.3, -0.25) is 0 Å². The SMILES string of the molecule is [2H]P(CN)CSCC. The first-order valence-corrected chi connectivity index (χ1v) is 4.74. The minimum Gasteiger partial charge on any atom is -0.327 e. The summed E-state index contributed by atoms with van der Waals surface area (Å²) in [4.78, 5) is 0. The zero-order valence-electron chi connectivity index (χ0n) is 5.55. The van der Waals surface area contributed by atoms with Crippen LogP contribution < -0.4 is 5.73 Å². The summed E-state index contributed by atoms with van der Waals surface area (Å²) in [5.74, 6) is 1.11. The molecule has 0 saturated carbocycles. The predicted molar refractivity (Wildman–Crippen MR) is 40.4 cm³/mol. The monoisotopic (exact) mass is 138 g/mol. The Kier molecular flexibility index (Phi) is 5.65. The Morgan fingerprint density at radius 1 is 2.00 bits per heavy atom. The molecule has 0 saturated heterocycles. The zero-order chi connectivity index (χ0) is 6.41. The molecule has 0 radical (unpaired) electrons. The summed E-state index contributed by atoms with van der Waals surface area (Å²) in [5.41, 5.74) is 6.19. The normalized spacial score (nSPS) is 16.0. The van der Waals surface area contributed by atoms with Crippen molar-refractivity contribution >= 4 is 20.3 Å². The first-order valence-electron chi connectivity index (χ1n) is 2.77. The van der Waals surface area contributed by atoms with Gasteiger partial charge in [0.2, 0.25) is 0 Å². The molecule has 0 rings (SSSR count). The highest BCUT2D eigenvalue weighted by molar-refractivity contribution is 8.03. The van der Waals surface area contributed by atoms with Crippen LogP contribution in [-0.2, 0) is 0 Å². The van der Waals surface area contributed by atoms with E-state index in [1.807, 2.05) is 0 Å². The van der Waals surface area contributed by atoms with Gasteiger partial charge in [0.05, 0.1) is 1.28 Å². The fourth-order valence-electron chi connectivity index (χ4n) is 0.209. The second-order valence-corrected chi connectivity index (χ2v) is 3.86. The highest BCUT2D eigenvalue weighted by Gasteiger charge is 1.79. The van der Waals surface area contributed by atoms with Crippen LogP contribution in [0.4, 0.5) is 0 Å². The van der Waals surface area contributed by atoms with Crippen LogP contribution in [-0.4, -0.2) is 18.8 Å². The second kappa shape index (κ2) is 6.74. The van der Waals surface area contributed by atoms with E-state index in [1.165, 1.54) is 0 Å². The lowest BCUT2D eigenvalue weighted by molar-refractivity contribution is 1.39. The lowest BCUT2D eigenvalue weighted by Crippen LogP contribution is -1.89. The molecule has 0 aromatic carbocycles. The quantitative estimate of drug-likeness (QED) is 0.592. The van der Waals surface area contributed by atoms with Crippen LogP contribution in [0.25, 0.3) is 0 Å². The van der Waals surface area contributed by atoms with Crippen molar-refractivity contribution in [3.05, 3.63) is 0 Å². The molecule has 0 aromatic rings. The maximum absolute atomic E-state index is 7.24. The van der Waals surface area contributed by atoms with Crippen LogP contribution in [0.1, 0.15) is 6.92 Å². The van der Waals surface area contributed by atoms with E-state index in [4.69, 9.17) is 7.01 Å². The Morgan fingerprint density at radius 3 is 3.14 bits per heavy atom. The number of nitrogens with two attached hydrogens (primary N) is 1. The van der Waals surface area contributed by atoms with Gasteiger partial charge in [-0.05, 0) is 5.75 Å². The molecule has 1 unspecified atom stereocenters. The highest BCUT2D eigenvalue weighted by atomic mass is 32.2. The maximum atomic E-state index is 7.24. The molecule has 0 heterocycles. The van der Waals surface area contributed by atoms with Crippen molar-refractivity contribution in [2.75, 3.05) is 17.5 Å². The topological polar surface area (TPSA) is 26.0 Å². The van der Waals surface area contributed by atoms with E-state index in [2.05, 4.69) is 6.92 Å². The third-order valence-corrected chi connectivity index (χ3v) is 2.64. The van der Waals surface area contributed by atoms with Gasteiger partial charge in [0.1, 0.15) is 0 Å². The van der Waals surface area contributed by atoms with Crippen LogP contribution in [0.5, 0.6) is 0 Å². The summed E-state index contributed by atoms with van der Waals surface area (Å²) in [5, 5.41) is 0. The highest BCUT2D eigenvalue weighted by Crippen LogP contribution is 2.14. The number of thioether (sulfide) groups is 1. The molecule has 0 aliphatic carbocycles. The third-order valence-electron chi connectivity index (χ3n) is 0.516. The van der Waals surface area contributed by atoms with E-state index in [0.717, 1.165) is 11.2 Å². The fourth-order valence-corrected chi connectivity index (χ4v) is 1.88. The van der Waals surface area contributed by atoms with Gasteiger partial charge in [-0.25, -0.2) is 0 Å². The van der Waals surface area contributed by atoms with Gasteiger partial charge in [-0.2, -0.15) is 11.8 Å². The van der Waals surface area contributed by atoms with Crippen molar-refractivity contribution in [1.82, 2.24) is 0 Å². The lowest BCUT2D eigenvalue weighted by atomic mass is 11.0. The molecule has 1 atom stereocenters. The van der Waals surface area contributed by atoms with Gasteiger partial charge in [-0.15, -0.1) is 0 Å². The average molecular weight is 138 g/mol. The Bertz CT molecular complexity index is 55.3. The van der Waals surface area contributed by atoms with Crippen molar-refractivity contribution in [3.8, 4) is 0 Å². The van der Waals surface area contributed by atoms with Crippen LogP contribution >= 0.6 is 20.3 Å². The van der Waals surface area contributed by atoms with E-state index in [-0.39, 0.29) is 0 Å². The third kappa shape index (κ3) is 6.74. The Morgan fingerprint density at radius 2 is 2.71 bits per heavy atom. The number of rotatable bonds is 4. The molecule has 1 nitrogen and oxygen atoms in total. The van der Waals surface area contributed by atoms with Gasteiger partial charge in [0.15, 0.2) is 0 Å². The van der Waals surface area contributed by atoms with Crippen LogP contribution in [0, 0.1) is 0 Å². The average Bonchev–Trinajstić information content (AvgIpc) is 1.83. The van der Waals surface area contributed by atoms with Gasteiger partial charge in [-0.1, -0.05) is 15.4 Å². The van der Waals surface area contributed by atoms with Gasteiger partial charge < -0.3 is 5.73 Å². The van der Waals surface area contributed by atoms with Crippen LogP contribution in [0.15, 0.2) is 0 Å². The molecule has 2 N–H and O–H groups in total. The molecule has 0 aliphatic heterocycles. The van der Waals surface area contributed by atoms with Gasteiger partial charge in [0, 0.05) is 11.8 Å². The molecule has 3 heteroatoms. The molecular formula is C4H12NPS. The maximum Gasteiger partial charge on any atom is 0.0601 e. The first kappa shape index (κ1) is 5.87. The fraction of sp³-hybridized carbons (Fsp3) is 1.00. The summed E-state index contributed by atoms with van der Waals surface area (Å²) in [6.07, 6.45) is 0.558. The Hall–Kier alpha value is 0.740. The molecule has 0 aliphatic rings. The Labute approximate surface area is 52.5 Å². The lowest BCUT2D eigenvalue weighted by Gasteiger charge is -1.91. The summed E-state index contributed by atoms with van der Waals surface area (Å²) in [7, 11) is -0.593. The van der Waals surface area contributed by atoms with E-state index < -0.39 is 8.53 Å². The van der Waals surface area contributed by atoms with Gasteiger partial charge >= 0.3 is 0 Å². The molecular weight excluding hydrogens is 125 g/mol. The van der Waals surface area contributed by atoms with Crippen LogP contribution in [0.2, 0.25) is 0 Å². The van der Waals surface area contributed by atoms with Gasteiger partial charge in [0.25, 0.3) is 0 Å². The summed E-state index contributed by atoms with van der Waals surface area (Å²) in [6, 6.07) is 0. The second-order valence-electron chi connectivity index (χ2n) is 1.03. The molecule has 44 valence electrons. The number of hydrogen-bond acceptors (Lipinski definition) is 2. The van der Waals surface area contributed by atoms with E-state index in [0.29, 0.717) is 6.29 Å². The minimum absolute atomic E-state index is 0.558. The van der Waals surface area contributed by atoms with E-state index in [1.54, 1.807) is 11.8 Å². The molecule has 0 spiro atoms. The summed E-state index contributed by atoms with van der Waals surface area (Å²) >= 11 is 1.80. The molecule has 0 amide bonds. The van der Waals surface area contributed by atoms with Crippen LogP contribution in [0.3, 0.4) is 0 Å². The standard InChI is InChI=1S/C4H12NPS/c1-2-7-4-6-3-5/h6H,2-5H2,1H3/i6D. The molecule has 0 aromatic heterocycles. The first-order chi connectivity index (χ1) is 3.81.